The van der Waals surface area contributed by atoms with Crippen molar-refractivity contribution in [2.24, 2.45) is 0 Å². The number of rotatable bonds is 3. The van der Waals surface area contributed by atoms with Crippen LogP contribution in [0.2, 0.25) is 0 Å². The number of aromatic nitrogens is 4. The zero-order chi connectivity index (χ0) is 15.8. The van der Waals surface area contributed by atoms with Gasteiger partial charge in [-0.1, -0.05) is 17.8 Å². The van der Waals surface area contributed by atoms with Crippen molar-refractivity contribution in [2.75, 3.05) is 6.26 Å². The van der Waals surface area contributed by atoms with E-state index in [1.807, 2.05) is 18.5 Å². The molecule has 0 aliphatic rings. The standard InChI is InChI=1S/C16H11N5S2/c1-22-16-19-13-4-2-10(7-14(13)23-16)6-12-9-18-15-5-3-11(8-17)20-21(12)15/h2-5,7,9H,6H2,1H3. The number of hydrogen-bond acceptors (Lipinski definition) is 6. The Balaban J connectivity index is 1.74. The van der Waals surface area contributed by atoms with E-state index in [1.165, 1.54) is 10.3 Å². The number of nitriles is 1. The zero-order valence-corrected chi connectivity index (χ0v) is 13.9. The summed E-state index contributed by atoms with van der Waals surface area (Å²) >= 11 is 3.37. The summed E-state index contributed by atoms with van der Waals surface area (Å²) in [4.78, 5) is 8.91. The summed E-state index contributed by atoms with van der Waals surface area (Å²) in [5, 5.41) is 13.3. The van der Waals surface area contributed by atoms with Crippen molar-refractivity contribution in [1.29, 1.82) is 5.26 Å². The average molecular weight is 337 g/mol. The van der Waals surface area contributed by atoms with Gasteiger partial charge in [0.15, 0.2) is 15.7 Å². The molecule has 0 amide bonds. The van der Waals surface area contributed by atoms with Crippen LogP contribution in [-0.4, -0.2) is 25.8 Å². The van der Waals surface area contributed by atoms with E-state index in [4.69, 9.17) is 5.26 Å². The molecule has 5 nitrogen and oxygen atoms in total. The average Bonchev–Trinajstić information content (AvgIpc) is 3.18. The lowest BCUT2D eigenvalue weighted by Crippen LogP contribution is -2.00. The maximum Gasteiger partial charge on any atom is 0.161 e. The lowest BCUT2D eigenvalue weighted by atomic mass is 10.1. The van der Waals surface area contributed by atoms with E-state index in [1.54, 1.807) is 33.7 Å². The molecule has 0 atom stereocenters. The van der Waals surface area contributed by atoms with Crippen molar-refractivity contribution < 1.29 is 0 Å². The van der Waals surface area contributed by atoms with Gasteiger partial charge in [0.1, 0.15) is 6.07 Å². The van der Waals surface area contributed by atoms with E-state index in [0.29, 0.717) is 12.1 Å². The molecule has 0 spiro atoms. The third-order valence-electron chi connectivity index (χ3n) is 3.54. The molecule has 0 unspecified atom stereocenters. The molecule has 0 saturated carbocycles. The zero-order valence-electron chi connectivity index (χ0n) is 12.2. The molecule has 0 bridgehead atoms. The van der Waals surface area contributed by atoms with Crippen LogP contribution < -0.4 is 0 Å². The summed E-state index contributed by atoms with van der Waals surface area (Å²) in [6.07, 6.45) is 4.56. The van der Waals surface area contributed by atoms with Crippen LogP contribution >= 0.6 is 23.1 Å². The molecule has 4 aromatic rings. The highest BCUT2D eigenvalue weighted by Crippen LogP contribution is 2.29. The van der Waals surface area contributed by atoms with Crippen molar-refractivity contribution >= 4 is 39.0 Å². The highest BCUT2D eigenvalue weighted by atomic mass is 32.2. The van der Waals surface area contributed by atoms with E-state index in [0.717, 1.165) is 21.2 Å². The first-order chi connectivity index (χ1) is 11.3. The molecule has 7 heteroatoms. The van der Waals surface area contributed by atoms with Crippen LogP contribution in [0.15, 0.2) is 40.9 Å². The van der Waals surface area contributed by atoms with Crippen LogP contribution in [-0.2, 0) is 6.42 Å². The number of thiazole rings is 1. The van der Waals surface area contributed by atoms with Gasteiger partial charge in [-0.15, -0.1) is 11.3 Å². The summed E-state index contributed by atoms with van der Waals surface area (Å²) in [7, 11) is 0. The monoisotopic (exact) mass is 337 g/mol. The van der Waals surface area contributed by atoms with Crippen LogP contribution in [0.1, 0.15) is 17.0 Å². The Morgan fingerprint density at radius 1 is 1.30 bits per heavy atom. The van der Waals surface area contributed by atoms with Gasteiger partial charge in [0.2, 0.25) is 0 Å². The van der Waals surface area contributed by atoms with E-state index < -0.39 is 0 Å². The second-order valence-corrected chi connectivity index (χ2v) is 7.10. The summed E-state index contributed by atoms with van der Waals surface area (Å²) < 4.78 is 4.00. The Bertz CT molecular complexity index is 1060. The van der Waals surface area contributed by atoms with Crippen molar-refractivity contribution in [3.05, 3.63) is 53.5 Å². The predicted octanol–water partition coefficient (Wildman–Crippen LogP) is 3.52. The van der Waals surface area contributed by atoms with Gasteiger partial charge in [0.05, 0.1) is 22.1 Å². The van der Waals surface area contributed by atoms with E-state index in [9.17, 15) is 0 Å². The topological polar surface area (TPSA) is 66.9 Å². The summed E-state index contributed by atoms with van der Waals surface area (Å²) in [6.45, 7) is 0. The van der Waals surface area contributed by atoms with Crippen LogP contribution in [0.5, 0.6) is 0 Å². The Kier molecular flexibility index (Phi) is 3.48. The summed E-state index contributed by atoms with van der Waals surface area (Å²) in [5.41, 5.74) is 4.32. The Labute approximate surface area is 140 Å². The fourth-order valence-electron chi connectivity index (χ4n) is 2.46. The number of fused-ring (bicyclic) bond motifs is 2. The Morgan fingerprint density at radius 2 is 2.22 bits per heavy atom. The molecule has 3 aromatic heterocycles. The maximum absolute atomic E-state index is 9.01. The third-order valence-corrected chi connectivity index (χ3v) is 5.54. The minimum atomic E-state index is 0.388. The van der Waals surface area contributed by atoms with Gasteiger partial charge in [0.25, 0.3) is 0 Å². The lowest BCUT2D eigenvalue weighted by molar-refractivity contribution is 0.861. The first kappa shape index (κ1) is 14.2. The molecule has 4 rings (SSSR count). The largest absolute Gasteiger partial charge is 0.235 e. The highest BCUT2D eigenvalue weighted by molar-refractivity contribution is 8.00. The molecule has 1 aromatic carbocycles. The van der Waals surface area contributed by atoms with Crippen molar-refractivity contribution in [2.45, 2.75) is 10.8 Å². The molecule has 0 aliphatic carbocycles. The van der Waals surface area contributed by atoms with Gasteiger partial charge in [0, 0.05) is 6.42 Å². The minimum Gasteiger partial charge on any atom is -0.235 e. The molecular formula is C16H11N5S2. The first-order valence-corrected chi connectivity index (χ1v) is 8.98. The molecule has 3 heterocycles. The quantitative estimate of drug-likeness (QED) is 0.535. The summed E-state index contributed by atoms with van der Waals surface area (Å²) in [6, 6.07) is 11.9. The van der Waals surface area contributed by atoms with Crippen LogP contribution in [0.4, 0.5) is 0 Å². The third kappa shape index (κ3) is 2.56. The fourth-order valence-corrected chi connectivity index (χ4v) is 4.01. The maximum atomic E-state index is 9.01. The van der Waals surface area contributed by atoms with Crippen LogP contribution in [0.3, 0.4) is 0 Å². The fraction of sp³-hybridized carbons (Fsp3) is 0.125. The number of nitrogens with zero attached hydrogens (tertiary/aromatic N) is 5. The highest BCUT2D eigenvalue weighted by Gasteiger charge is 2.09. The van der Waals surface area contributed by atoms with Crippen LogP contribution in [0.25, 0.3) is 15.9 Å². The van der Waals surface area contributed by atoms with Gasteiger partial charge in [-0.05, 0) is 36.1 Å². The normalized spacial score (nSPS) is 11.1. The van der Waals surface area contributed by atoms with E-state index >= 15 is 0 Å². The second-order valence-electron chi connectivity index (χ2n) is 5.01. The number of imidazole rings is 1. The molecular weight excluding hydrogens is 326 g/mol. The predicted molar refractivity (Wildman–Crippen MR) is 91.9 cm³/mol. The van der Waals surface area contributed by atoms with Crippen molar-refractivity contribution in [3.8, 4) is 6.07 Å². The van der Waals surface area contributed by atoms with Crippen LogP contribution in [0, 0.1) is 11.3 Å². The molecule has 0 saturated heterocycles. The minimum absolute atomic E-state index is 0.388. The second kappa shape index (κ2) is 5.65. The molecule has 0 radical (unpaired) electrons. The molecule has 112 valence electrons. The van der Waals surface area contributed by atoms with E-state index in [-0.39, 0.29) is 0 Å². The first-order valence-electron chi connectivity index (χ1n) is 6.94. The smallest absolute Gasteiger partial charge is 0.161 e. The Hall–Kier alpha value is -2.43. The summed E-state index contributed by atoms with van der Waals surface area (Å²) in [5.74, 6) is 0. The number of benzene rings is 1. The van der Waals surface area contributed by atoms with Gasteiger partial charge in [-0.2, -0.15) is 10.4 Å². The lowest BCUT2D eigenvalue weighted by Gasteiger charge is -2.02. The molecule has 0 fully saturated rings. The number of thioether (sulfide) groups is 1. The molecule has 0 aliphatic heterocycles. The van der Waals surface area contributed by atoms with Gasteiger partial charge < -0.3 is 0 Å². The molecule has 23 heavy (non-hydrogen) atoms. The SMILES string of the molecule is CSc1nc2ccc(Cc3cnc4ccc(C#N)nn34)cc2s1. The van der Waals surface area contributed by atoms with Gasteiger partial charge >= 0.3 is 0 Å². The van der Waals surface area contributed by atoms with E-state index in [2.05, 4.69) is 39.3 Å². The number of hydrogen-bond donors (Lipinski definition) is 0. The van der Waals surface area contributed by atoms with Gasteiger partial charge in [-0.3, -0.25) is 0 Å². The Morgan fingerprint density at radius 3 is 3.04 bits per heavy atom. The molecule has 0 N–H and O–H groups in total. The van der Waals surface area contributed by atoms with Gasteiger partial charge in [-0.25, -0.2) is 14.5 Å². The van der Waals surface area contributed by atoms with Crippen molar-refractivity contribution in [3.63, 3.8) is 0 Å². The van der Waals surface area contributed by atoms with Crippen molar-refractivity contribution in [1.82, 2.24) is 19.6 Å².